The highest BCUT2D eigenvalue weighted by Crippen LogP contribution is 2.36. The number of amides is 1. The zero-order chi connectivity index (χ0) is 22.0. The van der Waals surface area contributed by atoms with Gasteiger partial charge in [0.15, 0.2) is 4.32 Å². The summed E-state index contributed by atoms with van der Waals surface area (Å²) < 4.78 is 19.3. The van der Waals surface area contributed by atoms with Crippen LogP contribution < -0.4 is 9.64 Å². The number of thioether (sulfide) groups is 1. The number of anilines is 1. The summed E-state index contributed by atoms with van der Waals surface area (Å²) in [5.74, 6) is -1.41. The van der Waals surface area contributed by atoms with E-state index >= 15 is 0 Å². The van der Waals surface area contributed by atoms with E-state index in [2.05, 4.69) is 0 Å². The van der Waals surface area contributed by atoms with Crippen LogP contribution in [0.2, 0.25) is 5.02 Å². The predicted molar refractivity (Wildman–Crippen MR) is 125 cm³/mol. The zero-order valence-electron chi connectivity index (χ0n) is 15.7. The molecule has 1 aliphatic heterocycles. The van der Waals surface area contributed by atoms with Crippen LogP contribution in [0.25, 0.3) is 6.08 Å². The number of benzene rings is 3. The summed E-state index contributed by atoms with van der Waals surface area (Å²) in [6.07, 6.45) is 1.70. The van der Waals surface area contributed by atoms with Gasteiger partial charge in [0.25, 0.3) is 5.91 Å². The number of hydrogen-bond donors (Lipinski definition) is 0. The van der Waals surface area contributed by atoms with E-state index in [4.69, 9.17) is 28.6 Å². The summed E-state index contributed by atoms with van der Waals surface area (Å²) in [6.45, 7) is 0. The second kappa shape index (κ2) is 9.01. The smallest absolute Gasteiger partial charge is 0.346 e. The van der Waals surface area contributed by atoms with Crippen LogP contribution in [0.5, 0.6) is 5.75 Å². The summed E-state index contributed by atoms with van der Waals surface area (Å²) in [6, 6.07) is 19.0. The molecular weight excluding hydrogens is 457 g/mol. The van der Waals surface area contributed by atoms with Crippen LogP contribution in [0.1, 0.15) is 15.9 Å². The first kappa shape index (κ1) is 21.2. The molecule has 3 aromatic carbocycles. The molecule has 8 heteroatoms. The van der Waals surface area contributed by atoms with Crippen molar-refractivity contribution in [1.82, 2.24) is 0 Å². The molecule has 31 heavy (non-hydrogen) atoms. The van der Waals surface area contributed by atoms with E-state index in [1.807, 2.05) is 0 Å². The number of esters is 1. The number of halogens is 2. The third-order valence-corrected chi connectivity index (χ3v) is 5.88. The Morgan fingerprint density at radius 2 is 1.81 bits per heavy atom. The minimum atomic E-state index is -0.784. The fourth-order valence-electron chi connectivity index (χ4n) is 2.88. The number of nitrogens with zero attached hydrogens (tertiary/aromatic N) is 1. The van der Waals surface area contributed by atoms with Crippen molar-refractivity contribution in [3.63, 3.8) is 0 Å². The summed E-state index contributed by atoms with van der Waals surface area (Å²) in [5.41, 5.74) is 1.18. The van der Waals surface area contributed by atoms with E-state index in [9.17, 15) is 14.0 Å². The molecule has 1 amide bonds. The van der Waals surface area contributed by atoms with Crippen LogP contribution >= 0.6 is 35.6 Å². The van der Waals surface area contributed by atoms with Crippen molar-refractivity contribution in [2.75, 3.05) is 4.90 Å². The van der Waals surface area contributed by atoms with Gasteiger partial charge in [0.05, 0.1) is 16.2 Å². The van der Waals surface area contributed by atoms with Gasteiger partial charge in [-0.15, -0.1) is 0 Å². The Morgan fingerprint density at radius 1 is 1.06 bits per heavy atom. The Balaban J connectivity index is 1.49. The molecule has 0 N–H and O–H groups in total. The fourth-order valence-corrected chi connectivity index (χ4v) is 4.36. The second-order valence-electron chi connectivity index (χ2n) is 6.44. The first-order chi connectivity index (χ1) is 14.9. The van der Waals surface area contributed by atoms with Gasteiger partial charge in [-0.25, -0.2) is 9.18 Å². The van der Waals surface area contributed by atoms with E-state index in [1.54, 1.807) is 60.7 Å². The van der Waals surface area contributed by atoms with E-state index in [0.717, 1.165) is 5.56 Å². The molecule has 1 fully saturated rings. The standard InChI is InChI=1S/C23H13ClFNO3S2/c24-15-4-3-5-16(13-15)26-21(27)20(31-23(26)30)12-14-8-10-17(11-9-14)29-22(28)18-6-1-2-7-19(18)25/h1-13H/b20-12-. The van der Waals surface area contributed by atoms with Crippen molar-refractivity contribution < 1.29 is 18.7 Å². The summed E-state index contributed by atoms with van der Waals surface area (Å²) >= 11 is 12.6. The molecule has 4 rings (SSSR count). The van der Waals surface area contributed by atoms with Crippen molar-refractivity contribution in [2.45, 2.75) is 0 Å². The van der Waals surface area contributed by atoms with Crippen LogP contribution in [0.3, 0.4) is 0 Å². The Hall–Kier alpha value is -3.00. The van der Waals surface area contributed by atoms with Crippen molar-refractivity contribution in [2.24, 2.45) is 0 Å². The Bertz CT molecular complexity index is 1230. The lowest BCUT2D eigenvalue weighted by atomic mass is 10.2. The van der Waals surface area contributed by atoms with Crippen LogP contribution in [0, 0.1) is 5.82 Å². The lowest BCUT2D eigenvalue weighted by Gasteiger charge is -2.14. The molecule has 4 nitrogen and oxygen atoms in total. The van der Waals surface area contributed by atoms with Crippen molar-refractivity contribution in [3.8, 4) is 5.75 Å². The molecule has 0 aromatic heterocycles. The molecule has 1 saturated heterocycles. The van der Waals surface area contributed by atoms with Crippen molar-refractivity contribution in [3.05, 3.63) is 99.7 Å². The zero-order valence-corrected chi connectivity index (χ0v) is 18.1. The van der Waals surface area contributed by atoms with Gasteiger partial charge < -0.3 is 4.74 Å². The topological polar surface area (TPSA) is 46.6 Å². The molecular formula is C23H13ClFNO3S2. The number of ether oxygens (including phenoxy) is 1. The molecule has 154 valence electrons. The summed E-state index contributed by atoms with van der Waals surface area (Å²) in [5, 5.41) is 0.510. The van der Waals surface area contributed by atoms with Gasteiger partial charge in [-0.1, -0.05) is 65.9 Å². The lowest BCUT2D eigenvalue weighted by Crippen LogP contribution is -2.27. The van der Waals surface area contributed by atoms with Crippen LogP contribution in [-0.4, -0.2) is 16.2 Å². The largest absolute Gasteiger partial charge is 0.423 e. The maximum Gasteiger partial charge on any atom is 0.346 e. The summed E-state index contributed by atoms with van der Waals surface area (Å²) in [7, 11) is 0. The Labute approximate surface area is 192 Å². The molecule has 0 radical (unpaired) electrons. The number of rotatable bonds is 4. The number of carbonyl (C=O) groups excluding carboxylic acids is 2. The highest BCUT2D eigenvalue weighted by atomic mass is 35.5. The minimum Gasteiger partial charge on any atom is -0.423 e. The fraction of sp³-hybridized carbons (Fsp3) is 0. The number of hydrogen-bond acceptors (Lipinski definition) is 5. The van der Waals surface area contributed by atoms with E-state index in [0.29, 0.717) is 19.9 Å². The SMILES string of the molecule is O=C(Oc1ccc(/C=C2\SC(=S)N(c3cccc(Cl)c3)C2=O)cc1)c1ccccc1F. The maximum absolute atomic E-state index is 13.7. The summed E-state index contributed by atoms with van der Waals surface area (Å²) in [4.78, 5) is 26.8. The van der Waals surface area contributed by atoms with Gasteiger partial charge in [-0.3, -0.25) is 9.69 Å². The molecule has 3 aromatic rings. The van der Waals surface area contributed by atoms with Gasteiger partial charge in [-0.2, -0.15) is 0 Å². The van der Waals surface area contributed by atoms with Crippen LogP contribution in [-0.2, 0) is 4.79 Å². The molecule has 1 aliphatic rings. The van der Waals surface area contributed by atoms with Crippen molar-refractivity contribution >= 4 is 63.5 Å². The van der Waals surface area contributed by atoms with E-state index < -0.39 is 11.8 Å². The molecule has 0 unspecified atom stereocenters. The number of thiocarbonyl (C=S) groups is 1. The lowest BCUT2D eigenvalue weighted by molar-refractivity contribution is -0.113. The Morgan fingerprint density at radius 3 is 2.52 bits per heavy atom. The van der Waals surface area contributed by atoms with Crippen LogP contribution in [0.4, 0.5) is 10.1 Å². The van der Waals surface area contributed by atoms with Crippen LogP contribution in [0.15, 0.2) is 77.7 Å². The third-order valence-electron chi connectivity index (χ3n) is 4.34. The minimum absolute atomic E-state index is 0.142. The Kier molecular flexibility index (Phi) is 6.18. The average Bonchev–Trinajstić information content (AvgIpc) is 3.02. The molecule has 1 heterocycles. The molecule has 0 aliphatic carbocycles. The van der Waals surface area contributed by atoms with Gasteiger partial charge in [0.1, 0.15) is 11.6 Å². The third kappa shape index (κ3) is 4.69. The van der Waals surface area contributed by atoms with E-state index in [-0.39, 0.29) is 17.2 Å². The highest BCUT2D eigenvalue weighted by Gasteiger charge is 2.33. The normalized spacial score (nSPS) is 14.9. The van der Waals surface area contributed by atoms with Gasteiger partial charge in [-0.05, 0) is 54.1 Å². The molecule has 0 bridgehead atoms. The first-order valence-electron chi connectivity index (χ1n) is 9.03. The first-order valence-corrected chi connectivity index (χ1v) is 10.6. The highest BCUT2D eigenvalue weighted by molar-refractivity contribution is 8.27. The van der Waals surface area contributed by atoms with Gasteiger partial charge in [0.2, 0.25) is 0 Å². The maximum atomic E-state index is 13.7. The molecule has 0 atom stereocenters. The number of carbonyl (C=O) groups is 2. The average molecular weight is 470 g/mol. The quantitative estimate of drug-likeness (QED) is 0.200. The van der Waals surface area contributed by atoms with Gasteiger partial charge in [0, 0.05) is 5.02 Å². The van der Waals surface area contributed by atoms with E-state index in [1.165, 1.54) is 34.9 Å². The van der Waals surface area contributed by atoms with Gasteiger partial charge >= 0.3 is 5.97 Å². The second-order valence-corrected chi connectivity index (χ2v) is 8.55. The molecule has 0 saturated carbocycles. The monoisotopic (exact) mass is 469 g/mol. The molecule has 0 spiro atoms. The van der Waals surface area contributed by atoms with Crippen molar-refractivity contribution in [1.29, 1.82) is 0 Å². The predicted octanol–water partition coefficient (Wildman–Crippen LogP) is 6.10.